The monoisotopic (exact) mass is 534 g/mol. The minimum Gasteiger partial charge on any atom is -0.404 e. The molecular formula is C31H30N6OS. The first kappa shape index (κ1) is 24.9. The average Bonchev–Trinajstić information content (AvgIpc) is 3.33. The van der Waals surface area contributed by atoms with Crippen molar-refractivity contribution in [2.24, 2.45) is 5.73 Å². The summed E-state index contributed by atoms with van der Waals surface area (Å²) in [7, 11) is 0. The van der Waals surface area contributed by atoms with E-state index in [1.165, 1.54) is 5.57 Å². The molecule has 4 aromatic heterocycles. The molecule has 1 aliphatic rings. The molecule has 0 unspecified atom stereocenters. The van der Waals surface area contributed by atoms with Crippen molar-refractivity contribution < 1.29 is 4.79 Å². The van der Waals surface area contributed by atoms with Gasteiger partial charge in [-0.25, -0.2) is 0 Å². The fourth-order valence-electron chi connectivity index (χ4n) is 4.70. The lowest BCUT2D eigenvalue weighted by atomic mass is 10.0. The topological polar surface area (TPSA) is 112 Å². The summed E-state index contributed by atoms with van der Waals surface area (Å²) in [5.74, 6) is 0.0276. The molecule has 0 spiro atoms. The van der Waals surface area contributed by atoms with Crippen LogP contribution in [0, 0.1) is 0 Å². The Bertz CT molecular complexity index is 1750. The summed E-state index contributed by atoms with van der Waals surface area (Å²) in [6.07, 6.45) is 12.0. The number of H-pyrrole nitrogens is 2. The molecule has 5 aromatic rings. The predicted octanol–water partition coefficient (Wildman–Crippen LogP) is 7.04. The van der Waals surface area contributed by atoms with Crippen LogP contribution in [0.25, 0.3) is 49.3 Å². The molecule has 0 atom stereocenters. The van der Waals surface area contributed by atoms with Crippen LogP contribution in [-0.2, 0) is 4.79 Å². The van der Waals surface area contributed by atoms with Crippen molar-refractivity contribution in [3.05, 3.63) is 89.2 Å². The van der Waals surface area contributed by atoms with Gasteiger partial charge in [0, 0.05) is 40.8 Å². The molecule has 5 N–H and O–H groups in total. The summed E-state index contributed by atoms with van der Waals surface area (Å²) in [5.41, 5.74) is 14.6. The number of unbranched alkanes of at least 4 members (excludes halogenated alkanes) is 1. The summed E-state index contributed by atoms with van der Waals surface area (Å²) in [4.78, 5) is 21.8. The maximum Gasteiger partial charge on any atom is 0.224 e. The van der Waals surface area contributed by atoms with Crippen LogP contribution in [-0.4, -0.2) is 26.1 Å². The van der Waals surface area contributed by atoms with Crippen molar-refractivity contribution in [3.63, 3.8) is 0 Å². The van der Waals surface area contributed by atoms with Crippen molar-refractivity contribution in [1.82, 2.24) is 25.5 Å². The Kier molecular flexibility index (Phi) is 6.85. The number of pyridine rings is 1. The summed E-state index contributed by atoms with van der Waals surface area (Å²) >= 11 is 1.68. The number of fused-ring (bicyclic) bond motifs is 2. The summed E-state index contributed by atoms with van der Waals surface area (Å²) in [6.45, 7) is 2.08. The molecule has 0 bridgehead atoms. The van der Waals surface area contributed by atoms with Crippen LogP contribution in [0.4, 0.5) is 0 Å². The lowest BCUT2D eigenvalue weighted by molar-refractivity contribution is -0.120. The molecule has 6 rings (SSSR count). The molecule has 1 saturated carbocycles. The summed E-state index contributed by atoms with van der Waals surface area (Å²) in [6, 6.07) is 14.4. The van der Waals surface area contributed by atoms with E-state index in [2.05, 4.69) is 62.1 Å². The normalized spacial score (nSPS) is 13.8. The number of nitrogens with two attached hydrogens (primary N) is 1. The predicted molar refractivity (Wildman–Crippen MR) is 160 cm³/mol. The smallest absolute Gasteiger partial charge is 0.224 e. The number of hydrogen-bond donors (Lipinski definition) is 4. The van der Waals surface area contributed by atoms with E-state index in [0.29, 0.717) is 6.42 Å². The van der Waals surface area contributed by atoms with Crippen LogP contribution in [0.5, 0.6) is 0 Å². The first-order valence-electron chi connectivity index (χ1n) is 13.3. The van der Waals surface area contributed by atoms with Gasteiger partial charge in [-0.1, -0.05) is 31.1 Å². The highest BCUT2D eigenvalue weighted by Gasteiger charge is 2.16. The van der Waals surface area contributed by atoms with E-state index in [1.54, 1.807) is 17.5 Å². The SMILES string of the molecule is CCCCC(=O)N/C(C=C1CC1)=C/C(=C\N)c1ccc2[nH]nc(-c3cc4c(-c5cccs5)nccc4[nH]3)c2c1. The fourth-order valence-corrected chi connectivity index (χ4v) is 5.43. The maximum atomic E-state index is 12.5. The minimum atomic E-state index is 0.0276. The van der Waals surface area contributed by atoms with Crippen LogP contribution < -0.4 is 11.1 Å². The summed E-state index contributed by atoms with van der Waals surface area (Å²) in [5, 5.41) is 15.0. The molecule has 0 saturated heterocycles. The molecule has 8 heteroatoms. The van der Waals surface area contributed by atoms with Crippen molar-refractivity contribution in [2.75, 3.05) is 0 Å². The molecule has 0 radical (unpaired) electrons. The third kappa shape index (κ3) is 5.28. The molecular weight excluding hydrogens is 504 g/mol. The van der Waals surface area contributed by atoms with Crippen molar-refractivity contribution in [1.29, 1.82) is 0 Å². The van der Waals surface area contributed by atoms with Gasteiger partial charge in [0.15, 0.2) is 0 Å². The standard InChI is InChI=1S/C31H30N6OS/c1-2-3-6-29(38)34-22(14-19-7-8-19)15-21(18-32)20-9-10-26-23(16-20)30(37-36-26)27-17-24-25(35-27)11-12-33-31(24)28-5-4-13-39-28/h4-5,9-18,35H,2-3,6-8,32H2,1H3,(H,34,38)(H,36,37)/b21-18+,22-15+. The molecule has 7 nitrogen and oxygen atoms in total. The lowest BCUT2D eigenvalue weighted by Crippen LogP contribution is -2.21. The van der Waals surface area contributed by atoms with E-state index in [4.69, 9.17) is 5.73 Å². The van der Waals surface area contributed by atoms with Crippen molar-refractivity contribution >= 4 is 44.6 Å². The highest BCUT2D eigenvalue weighted by Crippen LogP contribution is 2.35. The molecule has 39 heavy (non-hydrogen) atoms. The van der Waals surface area contributed by atoms with Crippen LogP contribution in [0.1, 0.15) is 44.6 Å². The molecule has 0 aliphatic heterocycles. The van der Waals surface area contributed by atoms with Gasteiger partial charge in [-0.3, -0.25) is 14.9 Å². The zero-order valence-corrected chi connectivity index (χ0v) is 22.6. The number of allylic oxidation sites excluding steroid dienone is 4. The molecule has 4 heterocycles. The van der Waals surface area contributed by atoms with Crippen LogP contribution >= 0.6 is 11.3 Å². The average molecular weight is 535 g/mol. The molecule has 196 valence electrons. The molecule has 1 aromatic carbocycles. The van der Waals surface area contributed by atoms with Gasteiger partial charge in [0.1, 0.15) is 5.69 Å². The zero-order chi connectivity index (χ0) is 26.8. The number of nitrogens with zero attached hydrogens (tertiary/aromatic N) is 2. The number of benzene rings is 1. The van der Waals surface area contributed by atoms with Crippen LogP contribution in [0.2, 0.25) is 0 Å². The van der Waals surface area contributed by atoms with Crippen LogP contribution in [0.15, 0.2) is 83.7 Å². The Morgan fingerprint density at radius 1 is 1.13 bits per heavy atom. The number of rotatable bonds is 9. The Morgan fingerprint density at radius 2 is 2.00 bits per heavy atom. The molecule has 1 amide bonds. The number of hydrogen-bond acceptors (Lipinski definition) is 5. The highest BCUT2D eigenvalue weighted by atomic mass is 32.1. The molecule has 1 fully saturated rings. The number of carbonyl (C=O) groups is 1. The van der Waals surface area contributed by atoms with Gasteiger partial charge >= 0.3 is 0 Å². The second kappa shape index (κ2) is 10.7. The van der Waals surface area contributed by atoms with Gasteiger partial charge < -0.3 is 16.0 Å². The van der Waals surface area contributed by atoms with Gasteiger partial charge in [-0.05, 0) is 78.3 Å². The second-order valence-electron chi connectivity index (χ2n) is 9.79. The van der Waals surface area contributed by atoms with Crippen LogP contribution in [0.3, 0.4) is 0 Å². The largest absolute Gasteiger partial charge is 0.404 e. The Balaban J connectivity index is 1.36. The second-order valence-corrected chi connectivity index (χ2v) is 10.7. The number of carbonyl (C=O) groups excluding carboxylic acids is 1. The third-order valence-corrected chi connectivity index (χ3v) is 7.76. The van der Waals surface area contributed by atoms with E-state index in [0.717, 1.165) is 86.3 Å². The zero-order valence-electron chi connectivity index (χ0n) is 21.8. The van der Waals surface area contributed by atoms with E-state index in [-0.39, 0.29) is 5.91 Å². The summed E-state index contributed by atoms with van der Waals surface area (Å²) < 4.78 is 0. The van der Waals surface area contributed by atoms with Gasteiger partial charge in [0.05, 0.1) is 21.8 Å². The fraction of sp³-hybridized carbons (Fsp3) is 0.194. The minimum absolute atomic E-state index is 0.0276. The first-order valence-corrected chi connectivity index (χ1v) is 14.1. The van der Waals surface area contributed by atoms with Gasteiger partial charge in [0.2, 0.25) is 5.91 Å². The number of thiophene rings is 1. The van der Waals surface area contributed by atoms with Crippen molar-refractivity contribution in [3.8, 4) is 22.0 Å². The number of nitrogens with one attached hydrogen (secondary N) is 3. The first-order chi connectivity index (χ1) is 19.1. The van der Waals surface area contributed by atoms with Gasteiger partial charge in [-0.15, -0.1) is 11.3 Å². The quantitative estimate of drug-likeness (QED) is 0.152. The van der Waals surface area contributed by atoms with Crippen molar-refractivity contribution in [2.45, 2.75) is 39.0 Å². The lowest BCUT2D eigenvalue weighted by Gasteiger charge is -2.09. The van der Waals surface area contributed by atoms with Gasteiger partial charge in [0.25, 0.3) is 0 Å². The Hall–Kier alpha value is -4.43. The molecule has 1 aliphatic carbocycles. The van der Waals surface area contributed by atoms with Gasteiger partial charge in [-0.2, -0.15) is 5.10 Å². The van der Waals surface area contributed by atoms with E-state index >= 15 is 0 Å². The van der Waals surface area contributed by atoms with E-state index in [9.17, 15) is 4.79 Å². The maximum absolute atomic E-state index is 12.5. The number of amides is 1. The Morgan fingerprint density at radius 3 is 2.77 bits per heavy atom. The highest BCUT2D eigenvalue weighted by molar-refractivity contribution is 7.13. The van der Waals surface area contributed by atoms with E-state index < -0.39 is 0 Å². The third-order valence-electron chi connectivity index (χ3n) is 6.88. The number of aromatic nitrogens is 4. The van der Waals surface area contributed by atoms with E-state index in [1.807, 2.05) is 36.5 Å². The Labute approximate surface area is 230 Å². The number of aromatic amines is 2.